The molecule has 2 aromatic heterocycles. The number of fused-ring (bicyclic) bond motifs is 2. The number of rotatable bonds is 10. The second-order valence-electron chi connectivity index (χ2n) is 12.8. The number of nitrogen functional groups attached to an aromatic ring is 1. The normalized spacial score (nSPS) is 27.7. The molecule has 0 radical (unpaired) electrons. The van der Waals surface area contributed by atoms with Crippen molar-refractivity contribution < 1.29 is 42.1 Å². The minimum Gasteiger partial charge on any atom is -0.461 e. The standard InChI is InChI=1S/C31H41N6O9P/c1-20(27(39)43-22-13-15-36(16-14-22)21(2)38)35-47(40,45-23-9-7-6-8-10-23)42-17-30(5)28-31(18-41-30,46-29(3,4)44-28)25-12-11-24-26(32)33-19-34-37(24)25/h6-12,19-20,22,28H,13-18H2,1-5H3,(H,35,40)(H2,32,33,34)/t20?,28-,30-,31-,47?/m1/s1. The van der Waals surface area contributed by atoms with Gasteiger partial charge in [0.05, 0.1) is 18.9 Å². The molecule has 1 amide bonds. The Balaban J connectivity index is 1.21. The van der Waals surface area contributed by atoms with Crippen LogP contribution in [0.3, 0.4) is 0 Å². The molecular weight excluding hydrogens is 631 g/mol. The highest BCUT2D eigenvalue weighted by atomic mass is 31.2. The number of piperidine rings is 1. The van der Waals surface area contributed by atoms with Gasteiger partial charge in [-0.25, -0.2) is 14.1 Å². The Morgan fingerprint density at radius 1 is 1.15 bits per heavy atom. The number of carbonyl (C=O) groups excluding carboxylic acids is 2. The number of ether oxygens (including phenoxy) is 4. The molecule has 0 spiro atoms. The third-order valence-electron chi connectivity index (χ3n) is 8.70. The first-order valence-electron chi connectivity index (χ1n) is 15.6. The molecule has 3 aliphatic rings. The molecular formula is C31H41N6O9P. The lowest BCUT2D eigenvalue weighted by Crippen LogP contribution is -2.48. The van der Waals surface area contributed by atoms with Gasteiger partial charge in [0.25, 0.3) is 0 Å². The van der Waals surface area contributed by atoms with E-state index in [-0.39, 0.29) is 31.0 Å². The van der Waals surface area contributed by atoms with E-state index < -0.39 is 42.9 Å². The van der Waals surface area contributed by atoms with Crippen molar-refractivity contribution in [2.75, 3.05) is 32.0 Å². The van der Waals surface area contributed by atoms with Crippen LogP contribution in [0.25, 0.3) is 5.52 Å². The average molecular weight is 673 g/mol. The number of amides is 1. The number of nitrogens with one attached hydrogen (secondary N) is 1. The minimum absolute atomic E-state index is 0.0168. The largest absolute Gasteiger partial charge is 0.461 e. The summed E-state index contributed by atoms with van der Waals surface area (Å²) in [4.78, 5) is 30.6. The van der Waals surface area contributed by atoms with E-state index in [0.717, 1.165) is 0 Å². The molecule has 1 aromatic carbocycles. The van der Waals surface area contributed by atoms with Crippen LogP contribution in [0.15, 0.2) is 48.8 Å². The van der Waals surface area contributed by atoms with Crippen LogP contribution >= 0.6 is 7.75 Å². The summed E-state index contributed by atoms with van der Waals surface area (Å²) >= 11 is 0. The highest BCUT2D eigenvalue weighted by molar-refractivity contribution is 7.52. The average Bonchev–Trinajstić information content (AvgIpc) is 3.67. The van der Waals surface area contributed by atoms with Gasteiger partial charge in [-0.3, -0.25) is 14.1 Å². The molecule has 6 rings (SSSR count). The van der Waals surface area contributed by atoms with Crippen LogP contribution in [0.5, 0.6) is 5.75 Å². The quantitative estimate of drug-likeness (QED) is 0.237. The Kier molecular flexibility index (Phi) is 8.83. The number of nitrogens with two attached hydrogens (primary N) is 1. The van der Waals surface area contributed by atoms with Gasteiger partial charge in [-0.2, -0.15) is 10.2 Å². The third-order valence-corrected chi connectivity index (χ3v) is 10.3. The molecule has 0 bridgehead atoms. The zero-order valence-corrected chi connectivity index (χ0v) is 28.0. The predicted molar refractivity (Wildman–Crippen MR) is 168 cm³/mol. The second-order valence-corrected chi connectivity index (χ2v) is 14.5. The van der Waals surface area contributed by atoms with E-state index in [1.54, 1.807) is 66.6 Å². The van der Waals surface area contributed by atoms with Gasteiger partial charge in [0.2, 0.25) is 5.91 Å². The first-order valence-corrected chi connectivity index (χ1v) is 17.1. The number of anilines is 1. The lowest BCUT2D eigenvalue weighted by molar-refractivity contribution is -0.208. The van der Waals surface area contributed by atoms with Gasteiger partial charge in [-0.05, 0) is 52.0 Å². The molecule has 3 aliphatic heterocycles. The van der Waals surface area contributed by atoms with Crippen molar-refractivity contribution >= 4 is 31.0 Å². The smallest absolute Gasteiger partial charge is 0.459 e. The molecule has 3 saturated heterocycles. The summed E-state index contributed by atoms with van der Waals surface area (Å²) in [7, 11) is -4.24. The van der Waals surface area contributed by atoms with Crippen LogP contribution in [-0.4, -0.2) is 87.3 Å². The van der Waals surface area contributed by atoms with Crippen molar-refractivity contribution in [3.63, 3.8) is 0 Å². The van der Waals surface area contributed by atoms with Crippen LogP contribution in [0.2, 0.25) is 0 Å². The molecule has 2 unspecified atom stereocenters. The first kappa shape index (κ1) is 33.3. The fourth-order valence-electron chi connectivity index (χ4n) is 6.39. The molecule has 254 valence electrons. The van der Waals surface area contributed by atoms with E-state index in [9.17, 15) is 14.2 Å². The van der Waals surface area contributed by atoms with Crippen molar-refractivity contribution in [2.45, 2.75) is 82.7 Å². The first-order chi connectivity index (χ1) is 22.2. The maximum Gasteiger partial charge on any atom is 0.459 e. The Hall–Kier alpha value is -3.59. The summed E-state index contributed by atoms with van der Waals surface area (Å²) in [5, 5.41) is 7.15. The molecule has 0 aliphatic carbocycles. The van der Waals surface area contributed by atoms with Crippen LogP contribution in [-0.2, 0) is 43.2 Å². The van der Waals surface area contributed by atoms with Crippen LogP contribution in [0.1, 0.15) is 53.2 Å². The van der Waals surface area contributed by atoms with Crippen molar-refractivity contribution in [1.82, 2.24) is 24.6 Å². The Labute approximate surface area is 272 Å². The van der Waals surface area contributed by atoms with Crippen molar-refractivity contribution in [2.24, 2.45) is 0 Å². The zero-order chi connectivity index (χ0) is 33.6. The predicted octanol–water partition coefficient (Wildman–Crippen LogP) is 3.18. The van der Waals surface area contributed by atoms with Crippen molar-refractivity contribution in [3.05, 3.63) is 54.5 Å². The van der Waals surface area contributed by atoms with E-state index in [0.29, 0.717) is 43.0 Å². The molecule has 5 heterocycles. The monoisotopic (exact) mass is 672 g/mol. The summed E-state index contributed by atoms with van der Waals surface area (Å²) in [6.07, 6.45) is 1.28. The van der Waals surface area contributed by atoms with Crippen molar-refractivity contribution in [1.29, 1.82) is 0 Å². The summed E-state index contributed by atoms with van der Waals surface area (Å²) in [6.45, 7) is 9.22. The summed E-state index contributed by atoms with van der Waals surface area (Å²) in [5.41, 5.74) is 5.04. The number of nitrogens with zero attached hydrogens (tertiary/aromatic N) is 4. The molecule has 5 atom stereocenters. The minimum atomic E-state index is -4.24. The lowest BCUT2D eigenvalue weighted by atomic mass is 9.86. The van der Waals surface area contributed by atoms with Crippen LogP contribution in [0, 0.1) is 0 Å². The van der Waals surface area contributed by atoms with Crippen LogP contribution < -0.4 is 15.3 Å². The van der Waals surface area contributed by atoms with Crippen molar-refractivity contribution in [3.8, 4) is 5.75 Å². The van der Waals surface area contributed by atoms with Gasteiger partial charge >= 0.3 is 13.7 Å². The summed E-state index contributed by atoms with van der Waals surface area (Å²) < 4.78 is 53.0. The molecule has 3 fully saturated rings. The van der Waals surface area contributed by atoms with Gasteiger partial charge in [0.15, 0.2) is 17.2 Å². The van der Waals surface area contributed by atoms with Gasteiger partial charge in [-0.1, -0.05) is 18.2 Å². The molecule has 3 N–H and O–H groups in total. The maximum absolute atomic E-state index is 14.4. The SMILES string of the molecule is CC(=O)N1CCC(OC(=O)C(C)NP(=O)(OC[C@@]2(C)OC[C@]3(c4ccc5c(N)ncnn45)OC(C)(C)O[C@H]23)Oc2ccccc2)CC1. The molecule has 15 nitrogen and oxygen atoms in total. The summed E-state index contributed by atoms with van der Waals surface area (Å²) in [6, 6.07) is 11.1. The number of hydrogen-bond acceptors (Lipinski definition) is 12. The maximum atomic E-state index is 14.4. The third kappa shape index (κ3) is 6.60. The topological polar surface area (TPSA) is 178 Å². The van der Waals surface area contributed by atoms with Gasteiger partial charge in [0.1, 0.15) is 41.4 Å². The van der Waals surface area contributed by atoms with E-state index in [4.69, 9.17) is 33.7 Å². The number of likely N-dealkylation sites (tertiary alicyclic amines) is 1. The highest BCUT2D eigenvalue weighted by Gasteiger charge is 2.68. The molecule has 47 heavy (non-hydrogen) atoms. The van der Waals surface area contributed by atoms with Crippen LogP contribution in [0.4, 0.5) is 5.82 Å². The number of esters is 1. The van der Waals surface area contributed by atoms with E-state index in [1.807, 2.05) is 6.07 Å². The number of carbonyl (C=O) groups is 2. The number of benzene rings is 1. The zero-order valence-electron chi connectivity index (χ0n) is 27.1. The van der Waals surface area contributed by atoms with E-state index >= 15 is 0 Å². The fourth-order valence-corrected chi connectivity index (χ4v) is 7.97. The number of para-hydroxylation sites is 1. The van der Waals surface area contributed by atoms with Gasteiger partial charge in [-0.15, -0.1) is 0 Å². The molecule has 0 saturated carbocycles. The Morgan fingerprint density at radius 2 is 1.87 bits per heavy atom. The summed E-state index contributed by atoms with van der Waals surface area (Å²) in [5.74, 6) is -1.08. The molecule has 16 heteroatoms. The van der Waals surface area contributed by atoms with E-state index in [2.05, 4.69) is 15.2 Å². The van der Waals surface area contributed by atoms with Gasteiger partial charge < -0.3 is 34.1 Å². The van der Waals surface area contributed by atoms with E-state index in [1.165, 1.54) is 20.2 Å². The number of hydrogen-bond donors (Lipinski definition) is 2. The second kappa shape index (κ2) is 12.5. The lowest BCUT2D eigenvalue weighted by Gasteiger charge is -2.33. The fraction of sp³-hybridized carbons (Fsp3) is 0.548. The van der Waals surface area contributed by atoms with Gasteiger partial charge in [0, 0.05) is 32.9 Å². The number of aromatic nitrogens is 3. The Bertz CT molecular complexity index is 1680. The Morgan fingerprint density at radius 3 is 2.57 bits per heavy atom. The highest BCUT2D eigenvalue weighted by Crippen LogP contribution is 2.55. The molecule has 3 aromatic rings.